The molecule has 1 aliphatic heterocycles. The molecular formula is C15H31N3O. The number of amides is 1. The van der Waals surface area contributed by atoms with E-state index in [0.29, 0.717) is 18.5 Å². The first-order valence-electron chi connectivity index (χ1n) is 7.67. The van der Waals surface area contributed by atoms with Crippen molar-refractivity contribution in [2.45, 2.75) is 53.0 Å². The monoisotopic (exact) mass is 269 g/mol. The molecule has 19 heavy (non-hydrogen) atoms. The summed E-state index contributed by atoms with van der Waals surface area (Å²) in [7, 11) is 0. The van der Waals surface area contributed by atoms with Crippen molar-refractivity contribution >= 4 is 5.91 Å². The first-order chi connectivity index (χ1) is 8.94. The number of carbonyl (C=O) groups excluding carboxylic acids is 1. The summed E-state index contributed by atoms with van der Waals surface area (Å²) in [6.45, 7) is 11.9. The molecule has 1 saturated heterocycles. The Morgan fingerprint density at radius 2 is 1.95 bits per heavy atom. The molecule has 1 heterocycles. The lowest BCUT2D eigenvalue weighted by Gasteiger charge is -2.33. The fourth-order valence-electron chi connectivity index (χ4n) is 2.67. The Hall–Kier alpha value is -0.610. The molecular weight excluding hydrogens is 238 g/mol. The minimum atomic E-state index is -0.424. The van der Waals surface area contributed by atoms with Gasteiger partial charge in [-0.2, -0.15) is 0 Å². The normalized spacial score (nSPS) is 21.4. The van der Waals surface area contributed by atoms with Gasteiger partial charge in [0.25, 0.3) is 0 Å². The van der Waals surface area contributed by atoms with E-state index in [0.717, 1.165) is 13.0 Å². The topological polar surface area (TPSA) is 58.4 Å². The number of hydrogen-bond donors (Lipinski definition) is 2. The van der Waals surface area contributed by atoms with E-state index in [4.69, 9.17) is 5.73 Å². The highest BCUT2D eigenvalue weighted by molar-refractivity contribution is 5.82. The summed E-state index contributed by atoms with van der Waals surface area (Å²) < 4.78 is 0. The van der Waals surface area contributed by atoms with Gasteiger partial charge in [0.05, 0.1) is 5.41 Å². The maximum Gasteiger partial charge on any atom is 0.227 e. The maximum atomic E-state index is 12.3. The van der Waals surface area contributed by atoms with Crippen molar-refractivity contribution in [3.05, 3.63) is 0 Å². The van der Waals surface area contributed by atoms with Gasteiger partial charge in [0.1, 0.15) is 0 Å². The van der Waals surface area contributed by atoms with Crippen LogP contribution in [0.15, 0.2) is 0 Å². The minimum Gasteiger partial charge on any atom is -0.354 e. The average molecular weight is 269 g/mol. The lowest BCUT2D eigenvalue weighted by atomic mass is 9.86. The average Bonchev–Trinajstić information content (AvgIpc) is 2.91. The number of nitrogens with zero attached hydrogens (tertiary/aromatic N) is 1. The molecule has 1 amide bonds. The van der Waals surface area contributed by atoms with Crippen molar-refractivity contribution in [3.8, 4) is 0 Å². The van der Waals surface area contributed by atoms with Crippen LogP contribution in [0.2, 0.25) is 0 Å². The Morgan fingerprint density at radius 3 is 2.37 bits per heavy atom. The van der Waals surface area contributed by atoms with Crippen LogP contribution in [0.4, 0.5) is 0 Å². The van der Waals surface area contributed by atoms with Gasteiger partial charge in [-0.25, -0.2) is 0 Å². The van der Waals surface area contributed by atoms with E-state index < -0.39 is 5.41 Å². The summed E-state index contributed by atoms with van der Waals surface area (Å²) in [5.41, 5.74) is 5.31. The molecule has 1 aliphatic rings. The zero-order valence-electron chi connectivity index (χ0n) is 13.0. The molecule has 3 N–H and O–H groups in total. The van der Waals surface area contributed by atoms with Crippen LogP contribution in [-0.4, -0.2) is 43.0 Å². The van der Waals surface area contributed by atoms with Crippen LogP contribution in [-0.2, 0) is 4.79 Å². The fraction of sp³-hybridized carbons (Fsp3) is 0.933. The summed E-state index contributed by atoms with van der Waals surface area (Å²) in [4.78, 5) is 14.8. The third kappa shape index (κ3) is 4.18. The van der Waals surface area contributed by atoms with Gasteiger partial charge in [-0.1, -0.05) is 20.8 Å². The number of hydrogen-bond acceptors (Lipinski definition) is 3. The zero-order chi connectivity index (χ0) is 14.5. The second kappa shape index (κ2) is 7.25. The Balaban J connectivity index is 2.54. The van der Waals surface area contributed by atoms with Crippen molar-refractivity contribution in [2.75, 3.05) is 26.2 Å². The van der Waals surface area contributed by atoms with Crippen LogP contribution in [0.5, 0.6) is 0 Å². The predicted molar refractivity (Wildman–Crippen MR) is 79.9 cm³/mol. The summed E-state index contributed by atoms with van der Waals surface area (Å²) in [5.74, 6) is 0.659. The van der Waals surface area contributed by atoms with Crippen molar-refractivity contribution < 1.29 is 4.79 Å². The third-order valence-corrected chi connectivity index (χ3v) is 4.63. The molecule has 4 nitrogen and oxygen atoms in total. The van der Waals surface area contributed by atoms with E-state index in [2.05, 4.69) is 24.1 Å². The number of nitrogens with two attached hydrogens (primary N) is 1. The van der Waals surface area contributed by atoms with E-state index in [1.54, 1.807) is 0 Å². The van der Waals surface area contributed by atoms with Gasteiger partial charge in [-0.3, -0.25) is 9.69 Å². The molecule has 1 rings (SSSR count). The van der Waals surface area contributed by atoms with Crippen LogP contribution in [0.25, 0.3) is 0 Å². The van der Waals surface area contributed by atoms with Crippen molar-refractivity contribution in [2.24, 2.45) is 17.1 Å². The quantitative estimate of drug-likeness (QED) is 0.738. The Labute approximate surface area is 118 Å². The summed E-state index contributed by atoms with van der Waals surface area (Å²) in [6.07, 6.45) is 3.35. The second-order valence-corrected chi connectivity index (χ2v) is 6.38. The summed E-state index contributed by atoms with van der Waals surface area (Å²) in [5, 5.41) is 3.12. The van der Waals surface area contributed by atoms with Gasteiger partial charge in [0, 0.05) is 19.1 Å². The standard InChI is InChI=1S/C15H31N3O/c1-5-15(4,11-16)14(19)17-10-13(12(2)3)18-8-6-7-9-18/h12-13H,5-11,16H2,1-4H3,(H,17,19). The molecule has 0 radical (unpaired) electrons. The lowest BCUT2D eigenvalue weighted by molar-refractivity contribution is -0.130. The Morgan fingerprint density at radius 1 is 1.37 bits per heavy atom. The number of likely N-dealkylation sites (tertiary alicyclic amines) is 1. The molecule has 2 unspecified atom stereocenters. The van der Waals surface area contributed by atoms with Crippen molar-refractivity contribution in [3.63, 3.8) is 0 Å². The number of nitrogens with one attached hydrogen (secondary N) is 1. The Bertz CT molecular complexity index is 281. The van der Waals surface area contributed by atoms with E-state index in [-0.39, 0.29) is 5.91 Å². The van der Waals surface area contributed by atoms with E-state index >= 15 is 0 Å². The molecule has 2 atom stereocenters. The van der Waals surface area contributed by atoms with Crippen LogP contribution in [0, 0.1) is 11.3 Å². The van der Waals surface area contributed by atoms with Gasteiger partial charge in [-0.05, 0) is 45.2 Å². The SMILES string of the molecule is CCC(C)(CN)C(=O)NCC(C(C)C)N1CCCC1. The third-order valence-electron chi connectivity index (χ3n) is 4.63. The number of rotatable bonds is 7. The number of carbonyl (C=O) groups is 1. The summed E-state index contributed by atoms with van der Waals surface area (Å²) >= 11 is 0. The van der Waals surface area contributed by atoms with Crippen LogP contribution >= 0.6 is 0 Å². The van der Waals surface area contributed by atoms with E-state index in [9.17, 15) is 4.79 Å². The van der Waals surface area contributed by atoms with Crippen molar-refractivity contribution in [1.82, 2.24) is 10.2 Å². The van der Waals surface area contributed by atoms with Gasteiger partial charge < -0.3 is 11.1 Å². The smallest absolute Gasteiger partial charge is 0.227 e. The van der Waals surface area contributed by atoms with Gasteiger partial charge >= 0.3 is 0 Å². The van der Waals surface area contributed by atoms with Crippen LogP contribution in [0.1, 0.15) is 47.0 Å². The molecule has 0 aromatic carbocycles. The minimum absolute atomic E-state index is 0.0994. The molecule has 0 spiro atoms. The molecule has 0 aliphatic carbocycles. The highest BCUT2D eigenvalue weighted by Gasteiger charge is 2.31. The molecule has 0 aromatic heterocycles. The molecule has 0 aromatic rings. The van der Waals surface area contributed by atoms with Crippen molar-refractivity contribution in [1.29, 1.82) is 0 Å². The molecule has 1 fully saturated rings. The summed E-state index contributed by atoms with van der Waals surface area (Å²) in [6, 6.07) is 0.449. The molecule has 112 valence electrons. The largest absolute Gasteiger partial charge is 0.354 e. The maximum absolute atomic E-state index is 12.3. The van der Waals surface area contributed by atoms with Crippen LogP contribution < -0.4 is 11.1 Å². The first-order valence-corrected chi connectivity index (χ1v) is 7.67. The van der Waals surface area contributed by atoms with Gasteiger partial charge in [0.2, 0.25) is 5.91 Å². The molecule has 0 saturated carbocycles. The zero-order valence-corrected chi connectivity index (χ0v) is 13.0. The van der Waals surface area contributed by atoms with Gasteiger partial charge in [0.15, 0.2) is 0 Å². The highest BCUT2D eigenvalue weighted by atomic mass is 16.2. The fourth-order valence-corrected chi connectivity index (χ4v) is 2.67. The molecule has 4 heteroatoms. The lowest BCUT2D eigenvalue weighted by Crippen LogP contribution is -2.50. The highest BCUT2D eigenvalue weighted by Crippen LogP contribution is 2.20. The van der Waals surface area contributed by atoms with Crippen LogP contribution in [0.3, 0.4) is 0 Å². The Kier molecular flexibility index (Phi) is 6.27. The van der Waals surface area contributed by atoms with E-state index in [1.165, 1.54) is 25.9 Å². The van der Waals surface area contributed by atoms with Gasteiger partial charge in [-0.15, -0.1) is 0 Å². The first kappa shape index (κ1) is 16.4. The van der Waals surface area contributed by atoms with E-state index in [1.807, 2.05) is 13.8 Å². The predicted octanol–water partition coefficient (Wildman–Crippen LogP) is 1.60. The second-order valence-electron chi connectivity index (χ2n) is 6.38. The molecule has 0 bridgehead atoms.